The van der Waals surface area contributed by atoms with Crippen LogP contribution in [-0.2, 0) is 13.0 Å². The summed E-state index contributed by atoms with van der Waals surface area (Å²) in [6.45, 7) is 6.63. The highest BCUT2D eigenvalue weighted by Gasteiger charge is 2.20. The number of para-hydroxylation sites is 2. The first-order valence-corrected chi connectivity index (χ1v) is 10.5. The lowest BCUT2D eigenvalue weighted by atomic mass is 10.1. The van der Waals surface area contributed by atoms with E-state index in [9.17, 15) is 4.79 Å². The fourth-order valence-corrected chi connectivity index (χ4v) is 4.20. The summed E-state index contributed by atoms with van der Waals surface area (Å²) in [6.07, 6.45) is 0.701. The van der Waals surface area contributed by atoms with E-state index in [1.54, 1.807) is 14.2 Å². The zero-order chi connectivity index (χ0) is 21.1. The van der Waals surface area contributed by atoms with E-state index in [1.165, 1.54) is 0 Å². The zero-order valence-corrected chi connectivity index (χ0v) is 17.9. The summed E-state index contributed by atoms with van der Waals surface area (Å²) in [5.74, 6) is 1.72. The number of hydrogen-bond donors (Lipinski definition) is 1. The first kappa shape index (κ1) is 20.3. The fourth-order valence-electron chi connectivity index (χ4n) is 4.20. The van der Waals surface area contributed by atoms with Gasteiger partial charge in [-0.3, -0.25) is 9.69 Å². The first-order chi connectivity index (χ1) is 14.6. The standard InChI is InChI=1S/C24H29N3O3/c1-4-18-15-19-20(25-24(18)28)13-17(14-23(19)30-3)16-26-9-11-27(12-10-26)21-7-5-6-8-22(21)29-2/h5-8,13-15H,4,9-12,16H2,1-3H3,(H,25,28). The second-order valence-electron chi connectivity index (χ2n) is 7.67. The molecule has 0 radical (unpaired) electrons. The number of fused-ring (bicyclic) bond motifs is 1. The summed E-state index contributed by atoms with van der Waals surface area (Å²) in [6, 6.07) is 14.3. The Hall–Kier alpha value is -2.99. The lowest BCUT2D eigenvalue weighted by Gasteiger charge is -2.36. The van der Waals surface area contributed by atoms with E-state index in [1.807, 2.05) is 25.1 Å². The predicted molar refractivity (Wildman–Crippen MR) is 121 cm³/mol. The van der Waals surface area contributed by atoms with Crippen molar-refractivity contribution in [2.24, 2.45) is 0 Å². The number of benzene rings is 2. The van der Waals surface area contributed by atoms with Gasteiger partial charge in [0.15, 0.2) is 0 Å². The van der Waals surface area contributed by atoms with Gasteiger partial charge in [-0.2, -0.15) is 0 Å². The van der Waals surface area contributed by atoms with E-state index in [0.717, 1.165) is 71.9 Å². The lowest BCUT2D eigenvalue weighted by molar-refractivity contribution is 0.249. The fraction of sp³-hybridized carbons (Fsp3) is 0.375. The molecule has 1 aliphatic rings. The van der Waals surface area contributed by atoms with E-state index in [0.29, 0.717) is 6.42 Å². The molecule has 1 saturated heterocycles. The molecule has 0 atom stereocenters. The van der Waals surface area contributed by atoms with Crippen molar-refractivity contribution >= 4 is 16.6 Å². The van der Waals surface area contributed by atoms with Crippen molar-refractivity contribution in [1.29, 1.82) is 0 Å². The first-order valence-electron chi connectivity index (χ1n) is 10.5. The highest BCUT2D eigenvalue weighted by Crippen LogP contribution is 2.30. The van der Waals surface area contributed by atoms with E-state index < -0.39 is 0 Å². The predicted octanol–water partition coefficient (Wildman–Crippen LogP) is 3.43. The smallest absolute Gasteiger partial charge is 0.251 e. The molecule has 0 amide bonds. The quantitative estimate of drug-likeness (QED) is 0.678. The Bertz CT molecular complexity index is 1080. The minimum Gasteiger partial charge on any atom is -0.496 e. The monoisotopic (exact) mass is 407 g/mol. The van der Waals surface area contributed by atoms with Gasteiger partial charge in [-0.05, 0) is 42.3 Å². The summed E-state index contributed by atoms with van der Waals surface area (Å²) >= 11 is 0. The van der Waals surface area contributed by atoms with Crippen LogP contribution in [0.3, 0.4) is 0 Å². The number of piperazine rings is 1. The molecule has 30 heavy (non-hydrogen) atoms. The third-order valence-corrected chi connectivity index (χ3v) is 5.87. The van der Waals surface area contributed by atoms with Crippen molar-refractivity contribution in [3.8, 4) is 11.5 Å². The number of aromatic amines is 1. The summed E-state index contributed by atoms with van der Waals surface area (Å²) in [4.78, 5) is 20.1. The molecule has 3 aromatic rings. The summed E-state index contributed by atoms with van der Waals surface area (Å²) in [5, 5.41) is 0.957. The maximum absolute atomic E-state index is 12.3. The van der Waals surface area contributed by atoms with Crippen LogP contribution in [0.15, 0.2) is 47.3 Å². The normalized spacial score (nSPS) is 14.8. The van der Waals surface area contributed by atoms with Crippen LogP contribution in [0.4, 0.5) is 5.69 Å². The van der Waals surface area contributed by atoms with Crippen molar-refractivity contribution in [3.05, 3.63) is 63.9 Å². The van der Waals surface area contributed by atoms with Gasteiger partial charge in [0.2, 0.25) is 0 Å². The molecule has 2 heterocycles. The van der Waals surface area contributed by atoms with Gasteiger partial charge in [0, 0.05) is 43.7 Å². The van der Waals surface area contributed by atoms with Gasteiger partial charge in [0.05, 0.1) is 25.4 Å². The molecule has 0 bridgehead atoms. The number of pyridine rings is 1. The van der Waals surface area contributed by atoms with Crippen molar-refractivity contribution in [2.45, 2.75) is 19.9 Å². The Morgan fingerprint density at radius 1 is 0.967 bits per heavy atom. The second-order valence-corrected chi connectivity index (χ2v) is 7.67. The van der Waals surface area contributed by atoms with Crippen LogP contribution >= 0.6 is 0 Å². The summed E-state index contributed by atoms with van der Waals surface area (Å²) in [5.41, 5.74) is 3.89. The molecule has 4 rings (SSSR count). The summed E-state index contributed by atoms with van der Waals surface area (Å²) < 4.78 is 11.1. The topological polar surface area (TPSA) is 57.8 Å². The van der Waals surface area contributed by atoms with E-state index in [2.05, 4.69) is 39.0 Å². The largest absolute Gasteiger partial charge is 0.496 e. The molecule has 6 heteroatoms. The van der Waals surface area contributed by atoms with Gasteiger partial charge in [-0.25, -0.2) is 0 Å². The Labute approximate surface area is 177 Å². The summed E-state index contributed by atoms with van der Waals surface area (Å²) in [7, 11) is 3.40. The number of ether oxygens (including phenoxy) is 2. The highest BCUT2D eigenvalue weighted by molar-refractivity contribution is 5.86. The number of anilines is 1. The maximum Gasteiger partial charge on any atom is 0.251 e. The average Bonchev–Trinajstić information content (AvgIpc) is 2.78. The van der Waals surface area contributed by atoms with Crippen LogP contribution in [0.1, 0.15) is 18.1 Å². The van der Waals surface area contributed by atoms with Crippen LogP contribution in [0.5, 0.6) is 11.5 Å². The molecule has 0 unspecified atom stereocenters. The molecule has 1 aromatic heterocycles. The molecule has 158 valence electrons. The number of rotatable bonds is 6. The number of methoxy groups -OCH3 is 2. The molecule has 0 spiro atoms. The molecule has 1 fully saturated rings. The van der Waals surface area contributed by atoms with Crippen LogP contribution in [0.2, 0.25) is 0 Å². The molecule has 2 aromatic carbocycles. The molecule has 0 saturated carbocycles. The second kappa shape index (κ2) is 8.79. The number of aromatic nitrogens is 1. The minimum atomic E-state index is -0.0189. The van der Waals surface area contributed by atoms with E-state index in [-0.39, 0.29) is 5.56 Å². The Kier molecular flexibility index (Phi) is 5.95. The number of nitrogens with zero attached hydrogens (tertiary/aromatic N) is 2. The number of nitrogens with one attached hydrogen (secondary N) is 1. The third kappa shape index (κ3) is 4.00. The van der Waals surface area contributed by atoms with Crippen LogP contribution in [-0.4, -0.2) is 50.3 Å². The molecular formula is C24H29N3O3. The lowest BCUT2D eigenvalue weighted by Crippen LogP contribution is -2.46. The van der Waals surface area contributed by atoms with Crippen LogP contribution < -0.4 is 19.9 Å². The van der Waals surface area contributed by atoms with Gasteiger partial charge in [-0.1, -0.05) is 19.1 Å². The van der Waals surface area contributed by atoms with Gasteiger partial charge < -0.3 is 19.4 Å². The van der Waals surface area contributed by atoms with Gasteiger partial charge in [0.25, 0.3) is 5.56 Å². The third-order valence-electron chi connectivity index (χ3n) is 5.87. The zero-order valence-electron chi connectivity index (χ0n) is 17.9. The molecule has 0 aliphatic carbocycles. The van der Waals surface area contributed by atoms with Crippen LogP contribution in [0, 0.1) is 0 Å². The molecular weight excluding hydrogens is 378 g/mol. The molecule has 1 N–H and O–H groups in total. The molecule has 1 aliphatic heterocycles. The van der Waals surface area contributed by atoms with Crippen molar-refractivity contribution in [2.75, 3.05) is 45.3 Å². The Morgan fingerprint density at radius 2 is 1.70 bits per heavy atom. The van der Waals surface area contributed by atoms with Crippen molar-refractivity contribution in [3.63, 3.8) is 0 Å². The van der Waals surface area contributed by atoms with Gasteiger partial charge >= 0.3 is 0 Å². The maximum atomic E-state index is 12.3. The van der Waals surface area contributed by atoms with Crippen molar-refractivity contribution < 1.29 is 9.47 Å². The van der Waals surface area contributed by atoms with E-state index in [4.69, 9.17) is 9.47 Å². The Morgan fingerprint density at radius 3 is 2.40 bits per heavy atom. The van der Waals surface area contributed by atoms with Crippen molar-refractivity contribution in [1.82, 2.24) is 9.88 Å². The number of aryl methyl sites for hydroxylation is 1. The minimum absolute atomic E-state index is 0.0189. The highest BCUT2D eigenvalue weighted by atomic mass is 16.5. The van der Waals surface area contributed by atoms with Gasteiger partial charge in [0.1, 0.15) is 11.5 Å². The molecule has 6 nitrogen and oxygen atoms in total. The van der Waals surface area contributed by atoms with E-state index >= 15 is 0 Å². The van der Waals surface area contributed by atoms with Crippen LogP contribution in [0.25, 0.3) is 10.9 Å². The number of H-pyrrole nitrogens is 1. The SMILES string of the molecule is CCc1cc2c(OC)cc(CN3CCN(c4ccccc4OC)CC3)cc2[nH]c1=O. The van der Waals surface area contributed by atoms with Gasteiger partial charge in [-0.15, -0.1) is 0 Å². The average molecular weight is 408 g/mol. The Balaban J connectivity index is 1.50. The number of hydrogen-bond acceptors (Lipinski definition) is 5.